The van der Waals surface area contributed by atoms with Crippen molar-refractivity contribution in [2.75, 3.05) is 6.54 Å². The van der Waals surface area contributed by atoms with Gasteiger partial charge in [-0.3, -0.25) is 10.2 Å². The van der Waals surface area contributed by atoms with E-state index >= 15 is 0 Å². The molecule has 0 saturated carbocycles. The lowest BCUT2D eigenvalue weighted by molar-refractivity contribution is -0.132. The van der Waals surface area contributed by atoms with E-state index < -0.39 is 0 Å². The smallest absolute Gasteiger partial charge is 0.251 e. The number of hydrazine groups is 1. The minimum atomic E-state index is 0.0000246. The first-order valence-corrected chi connectivity index (χ1v) is 7.94. The molecule has 2 heterocycles. The number of piperidine rings is 2. The van der Waals surface area contributed by atoms with Crippen molar-refractivity contribution in [3.8, 4) is 0 Å². The van der Waals surface area contributed by atoms with Crippen molar-refractivity contribution in [1.82, 2.24) is 15.8 Å². The number of amides is 1. The Hall–Kier alpha value is -0.610. The molecule has 2 fully saturated rings. The molecule has 0 aromatic carbocycles. The van der Waals surface area contributed by atoms with E-state index in [1.54, 1.807) is 0 Å². The van der Waals surface area contributed by atoms with Gasteiger partial charge in [0.2, 0.25) is 0 Å². The molecule has 4 unspecified atom stereocenters. The molecule has 2 N–H and O–H groups in total. The summed E-state index contributed by atoms with van der Waals surface area (Å²) in [7, 11) is 0. The fraction of sp³-hybridized carbons (Fsp3) is 0.933. The number of carbonyl (C=O) groups is 1. The lowest BCUT2D eigenvalue weighted by Gasteiger charge is -2.40. The molecule has 4 heteroatoms. The molecule has 0 aromatic heterocycles. The summed E-state index contributed by atoms with van der Waals surface area (Å²) < 4.78 is 0. The summed E-state index contributed by atoms with van der Waals surface area (Å²) in [5.41, 5.74) is 3.16. The third-order valence-electron chi connectivity index (χ3n) is 4.84. The Morgan fingerprint density at radius 1 is 1.26 bits per heavy atom. The van der Waals surface area contributed by atoms with E-state index in [0.717, 1.165) is 13.0 Å². The average molecular weight is 267 g/mol. The lowest BCUT2D eigenvalue weighted by Crippen LogP contribution is -2.59. The van der Waals surface area contributed by atoms with Crippen LogP contribution in [0.2, 0.25) is 0 Å². The molecule has 4 atom stereocenters. The van der Waals surface area contributed by atoms with Gasteiger partial charge in [-0.05, 0) is 52.0 Å². The van der Waals surface area contributed by atoms with E-state index in [2.05, 4.69) is 36.5 Å². The number of carbonyl (C=O) groups excluding carboxylic acids is 1. The summed E-state index contributed by atoms with van der Waals surface area (Å²) in [4.78, 5) is 12.4. The van der Waals surface area contributed by atoms with E-state index in [-0.39, 0.29) is 11.9 Å². The van der Waals surface area contributed by atoms with Crippen LogP contribution in [0.15, 0.2) is 0 Å². The second kappa shape index (κ2) is 6.71. The van der Waals surface area contributed by atoms with Crippen LogP contribution in [0.3, 0.4) is 0 Å². The number of nitrogens with one attached hydrogen (secondary N) is 2. The van der Waals surface area contributed by atoms with Gasteiger partial charge in [0.05, 0.1) is 6.04 Å². The summed E-state index contributed by atoms with van der Waals surface area (Å²) in [6.45, 7) is 7.61. The van der Waals surface area contributed by atoms with Crippen LogP contribution in [0.1, 0.15) is 59.3 Å². The fourth-order valence-corrected chi connectivity index (χ4v) is 3.41. The Morgan fingerprint density at radius 3 is 2.58 bits per heavy atom. The minimum Gasteiger partial charge on any atom is -0.306 e. The summed E-state index contributed by atoms with van der Waals surface area (Å²) >= 11 is 0. The van der Waals surface area contributed by atoms with Crippen molar-refractivity contribution in [2.45, 2.75) is 77.4 Å². The maximum absolute atomic E-state index is 12.4. The highest BCUT2D eigenvalue weighted by Crippen LogP contribution is 2.22. The van der Waals surface area contributed by atoms with Gasteiger partial charge in [-0.25, -0.2) is 5.01 Å². The predicted molar refractivity (Wildman–Crippen MR) is 77.6 cm³/mol. The molecule has 2 rings (SSSR count). The van der Waals surface area contributed by atoms with E-state index in [9.17, 15) is 4.79 Å². The molecule has 2 saturated heterocycles. The largest absolute Gasteiger partial charge is 0.306 e. The topological polar surface area (TPSA) is 44.4 Å². The first kappa shape index (κ1) is 14.8. The molecule has 2 aliphatic heterocycles. The van der Waals surface area contributed by atoms with Gasteiger partial charge in [0.15, 0.2) is 0 Å². The quantitative estimate of drug-likeness (QED) is 0.822. The number of hydrogen-bond donors (Lipinski definition) is 2. The highest BCUT2D eigenvalue weighted by atomic mass is 16.2. The average Bonchev–Trinajstić information content (AvgIpc) is 2.43. The molecule has 0 radical (unpaired) electrons. The number of nitrogens with zero attached hydrogens (tertiary/aromatic N) is 1. The van der Waals surface area contributed by atoms with Gasteiger partial charge in [-0.15, -0.1) is 0 Å². The Balaban J connectivity index is 1.88. The van der Waals surface area contributed by atoms with Crippen molar-refractivity contribution in [3.05, 3.63) is 0 Å². The van der Waals surface area contributed by atoms with Crippen LogP contribution in [0, 0.1) is 5.92 Å². The highest BCUT2D eigenvalue weighted by Gasteiger charge is 2.30. The van der Waals surface area contributed by atoms with Gasteiger partial charge in [0, 0.05) is 12.1 Å². The summed E-state index contributed by atoms with van der Waals surface area (Å²) in [6, 6.07) is 0.913. The number of rotatable bonds is 3. The van der Waals surface area contributed by atoms with E-state index in [1.165, 1.54) is 32.1 Å². The van der Waals surface area contributed by atoms with E-state index in [1.807, 2.05) is 0 Å². The Morgan fingerprint density at radius 2 is 1.95 bits per heavy atom. The predicted octanol–water partition coefficient (Wildman–Crippen LogP) is 2.06. The van der Waals surface area contributed by atoms with Crippen LogP contribution >= 0.6 is 0 Å². The minimum absolute atomic E-state index is 0.0000246. The van der Waals surface area contributed by atoms with E-state index in [0.29, 0.717) is 18.0 Å². The summed E-state index contributed by atoms with van der Waals surface area (Å²) in [5, 5.41) is 5.53. The zero-order valence-electron chi connectivity index (χ0n) is 12.6. The van der Waals surface area contributed by atoms with Gasteiger partial charge < -0.3 is 5.32 Å². The van der Waals surface area contributed by atoms with Crippen molar-refractivity contribution >= 4 is 5.91 Å². The van der Waals surface area contributed by atoms with Crippen molar-refractivity contribution in [2.24, 2.45) is 5.92 Å². The van der Waals surface area contributed by atoms with E-state index in [4.69, 9.17) is 0 Å². The van der Waals surface area contributed by atoms with Gasteiger partial charge in [-0.1, -0.05) is 19.8 Å². The van der Waals surface area contributed by atoms with Crippen LogP contribution in [-0.4, -0.2) is 35.6 Å². The Labute approximate surface area is 117 Å². The van der Waals surface area contributed by atoms with Gasteiger partial charge in [0.1, 0.15) is 0 Å². The zero-order chi connectivity index (χ0) is 13.8. The summed E-state index contributed by atoms with van der Waals surface area (Å²) in [5.74, 6) is 0.868. The highest BCUT2D eigenvalue weighted by molar-refractivity contribution is 5.81. The normalized spacial score (nSPS) is 37.0. The molecular formula is C15H29N3O. The summed E-state index contributed by atoms with van der Waals surface area (Å²) in [6.07, 6.45) is 7.01. The molecule has 19 heavy (non-hydrogen) atoms. The first-order chi connectivity index (χ1) is 9.11. The molecule has 0 spiro atoms. The van der Waals surface area contributed by atoms with Gasteiger partial charge in [-0.2, -0.15) is 0 Å². The SMILES string of the molecule is CCC1CCNC(C(=O)NN2C(C)CCCC2C)C1. The maximum Gasteiger partial charge on any atom is 0.251 e. The molecule has 0 bridgehead atoms. The second-order valence-corrected chi connectivity index (χ2v) is 6.32. The maximum atomic E-state index is 12.4. The third-order valence-corrected chi connectivity index (χ3v) is 4.84. The molecular weight excluding hydrogens is 238 g/mol. The van der Waals surface area contributed by atoms with Gasteiger partial charge in [0.25, 0.3) is 5.91 Å². The molecule has 2 aliphatic rings. The second-order valence-electron chi connectivity index (χ2n) is 6.32. The Bertz CT molecular complexity index is 298. The molecule has 0 aliphatic carbocycles. The first-order valence-electron chi connectivity index (χ1n) is 7.94. The lowest BCUT2D eigenvalue weighted by atomic mass is 9.90. The van der Waals surface area contributed by atoms with Crippen molar-refractivity contribution in [3.63, 3.8) is 0 Å². The molecule has 1 amide bonds. The van der Waals surface area contributed by atoms with Crippen LogP contribution in [0.25, 0.3) is 0 Å². The standard InChI is InChI=1S/C15H29N3O/c1-4-13-8-9-16-14(10-13)15(19)17-18-11(2)6-5-7-12(18)3/h11-14,16H,4-10H2,1-3H3,(H,17,19). The van der Waals surface area contributed by atoms with Crippen molar-refractivity contribution < 1.29 is 4.79 Å². The van der Waals surface area contributed by atoms with Crippen LogP contribution < -0.4 is 10.7 Å². The monoisotopic (exact) mass is 267 g/mol. The van der Waals surface area contributed by atoms with Crippen LogP contribution in [0.5, 0.6) is 0 Å². The van der Waals surface area contributed by atoms with Gasteiger partial charge >= 0.3 is 0 Å². The molecule has 0 aromatic rings. The molecule has 110 valence electrons. The zero-order valence-corrected chi connectivity index (χ0v) is 12.6. The van der Waals surface area contributed by atoms with Crippen molar-refractivity contribution in [1.29, 1.82) is 0 Å². The third kappa shape index (κ3) is 3.69. The Kier molecular flexibility index (Phi) is 5.22. The molecule has 4 nitrogen and oxygen atoms in total. The van der Waals surface area contributed by atoms with Crippen LogP contribution in [0.4, 0.5) is 0 Å². The fourth-order valence-electron chi connectivity index (χ4n) is 3.41. The number of hydrogen-bond acceptors (Lipinski definition) is 3. The van der Waals surface area contributed by atoms with Crippen LogP contribution in [-0.2, 0) is 4.79 Å².